The molecule has 0 saturated carbocycles. The molecule has 0 saturated heterocycles. The van der Waals surface area contributed by atoms with Gasteiger partial charge in [-0.25, -0.2) is 0 Å². The Hall–Kier alpha value is -2.03. The average molecular weight is 343 g/mol. The molecule has 1 atom stereocenters. The molecule has 5 nitrogen and oxygen atoms in total. The Morgan fingerprint density at radius 3 is 2.87 bits per heavy atom. The van der Waals surface area contributed by atoms with Crippen LogP contribution in [-0.2, 0) is 23.8 Å². The van der Waals surface area contributed by atoms with Crippen LogP contribution in [-0.4, -0.2) is 27.8 Å². The maximum absolute atomic E-state index is 12.3. The fourth-order valence-electron chi connectivity index (χ4n) is 2.21. The number of fused-ring (bicyclic) bond motifs is 1. The van der Waals surface area contributed by atoms with Crippen LogP contribution in [0.15, 0.2) is 33.7 Å². The van der Waals surface area contributed by atoms with Crippen molar-refractivity contribution in [2.45, 2.75) is 29.2 Å². The van der Waals surface area contributed by atoms with Crippen molar-refractivity contribution in [2.24, 2.45) is 0 Å². The molecule has 9 heteroatoms. The van der Waals surface area contributed by atoms with Crippen LogP contribution in [0.1, 0.15) is 17.3 Å². The van der Waals surface area contributed by atoms with Gasteiger partial charge >= 0.3 is 12.1 Å². The van der Waals surface area contributed by atoms with Crippen molar-refractivity contribution in [1.82, 2.24) is 15.5 Å². The Labute approximate surface area is 133 Å². The summed E-state index contributed by atoms with van der Waals surface area (Å²) in [7, 11) is 0. The topological polar surface area (TPSA) is 68.0 Å². The summed E-state index contributed by atoms with van der Waals surface area (Å²) in [6.45, 7) is 0.156. The van der Waals surface area contributed by atoms with Gasteiger partial charge in [0.25, 0.3) is 0 Å². The highest BCUT2D eigenvalue weighted by Crippen LogP contribution is 2.36. The van der Waals surface area contributed by atoms with E-state index < -0.39 is 12.1 Å². The second-order valence-electron chi connectivity index (χ2n) is 4.97. The Morgan fingerprint density at radius 2 is 2.17 bits per heavy atom. The minimum Gasteiger partial charge on any atom is -0.355 e. The summed E-state index contributed by atoms with van der Waals surface area (Å²) in [5.74, 6) is -1.61. The number of nitrogens with zero attached hydrogens (tertiary/aromatic N) is 2. The number of hydrogen-bond acceptors (Lipinski definition) is 5. The van der Waals surface area contributed by atoms with Gasteiger partial charge in [-0.1, -0.05) is 23.4 Å². The van der Waals surface area contributed by atoms with Gasteiger partial charge < -0.3 is 9.84 Å². The molecule has 3 rings (SSSR count). The van der Waals surface area contributed by atoms with Crippen molar-refractivity contribution in [2.75, 3.05) is 6.54 Å². The van der Waals surface area contributed by atoms with Gasteiger partial charge in [-0.2, -0.15) is 18.2 Å². The third-order valence-corrected chi connectivity index (χ3v) is 4.62. The molecule has 1 aliphatic heterocycles. The largest absolute Gasteiger partial charge is 0.471 e. The maximum atomic E-state index is 12.3. The van der Waals surface area contributed by atoms with Crippen molar-refractivity contribution >= 4 is 17.7 Å². The lowest BCUT2D eigenvalue weighted by Crippen LogP contribution is -2.34. The first-order valence-electron chi connectivity index (χ1n) is 6.85. The van der Waals surface area contributed by atoms with E-state index in [4.69, 9.17) is 0 Å². The molecule has 1 aliphatic rings. The van der Waals surface area contributed by atoms with Crippen molar-refractivity contribution in [3.8, 4) is 0 Å². The molecule has 0 spiro atoms. The van der Waals surface area contributed by atoms with Crippen LogP contribution in [0, 0.1) is 0 Å². The molecular weight excluding hydrogens is 331 g/mol. The number of benzene rings is 1. The van der Waals surface area contributed by atoms with E-state index in [-0.39, 0.29) is 29.9 Å². The first kappa shape index (κ1) is 15.9. The van der Waals surface area contributed by atoms with Gasteiger partial charge in [0.05, 0.1) is 5.25 Å². The zero-order chi connectivity index (χ0) is 16.4. The van der Waals surface area contributed by atoms with Crippen molar-refractivity contribution < 1.29 is 22.5 Å². The number of hydrogen-bond donors (Lipinski definition) is 1. The molecule has 122 valence electrons. The summed E-state index contributed by atoms with van der Waals surface area (Å²) < 4.78 is 41.1. The van der Waals surface area contributed by atoms with Crippen LogP contribution in [0.4, 0.5) is 13.2 Å². The molecule has 0 aliphatic carbocycles. The summed E-state index contributed by atoms with van der Waals surface area (Å²) in [6.07, 6.45) is -3.93. The van der Waals surface area contributed by atoms with Gasteiger partial charge in [-0.3, -0.25) is 4.79 Å². The number of aromatic nitrogens is 2. The Balaban J connectivity index is 1.48. The standard InChI is InChI=1S/C14H12F3N3O2S/c15-14(16,17)13-19-11(20-22-13)5-6-18-12(21)10-7-8-3-1-2-4-9(8)23-10/h1-4,10H,5-7H2,(H,18,21). The highest BCUT2D eigenvalue weighted by atomic mass is 32.2. The molecule has 1 aromatic heterocycles. The average Bonchev–Trinajstić information content (AvgIpc) is 3.13. The quantitative estimate of drug-likeness (QED) is 0.924. The van der Waals surface area contributed by atoms with E-state index >= 15 is 0 Å². The molecule has 2 heterocycles. The van der Waals surface area contributed by atoms with Crippen LogP contribution < -0.4 is 5.32 Å². The zero-order valence-corrected chi connectivity index (χ0v) is 12.6. The van der Waals surface area contributed by atoms with E-state index in [1.54, 1.807) is 0 Å². The lowest BCUT2D eigenvalue weighted by atomic mass is 10.1. The molecular formula is C14H12F3N3O2S. The van der Waals surface area contributed by atoms with E-state index in [1.807, 2.05) is 24.3 Å². The lowest BCUT2D eigenvalue weighted by Gasteiger charge is -2.08. The lowest BCUT2D eigenvalue weighted by molar-refractivity contribution is -0.159. The molecule has 23 heavy (non-hydrogen) atoms. The number of carbonyl (C=O) groups is 1. The second kappa shape index (κ2) is 6.23. The van der Waals surface area contributed by atoms with E-state index in [0.717, 1.165) is 10.5 Å². The third-order valence-electron chi connectivity index (χ3n) is 3.30. The molecule has 1 unspecified atom stereocenters. The predicted molar refractivity (Wildman–Crippen MR) is 75.8 cm³/mol. The van der Waals surface area contributed by atoms with Crippen molar-refractivity contribution in [3.63, 3.8) is 0 Å². The number of halogens is 3. The Morgan fingerprint density at radius 1 is 1.39 bits per heavy atom. The molecule has 1 amide bonds. The van der Waals surface area contributed by atoms with Crippen LogP contribution in [0.5, 0.6) is 0 Å². The summed E-state index contributed by atoms with van der Waals surface area (Å²) in [5.41, 5.74) is 1.13. The zero-order valence-electron chi connectivity index (χ0n) is 11.8. The normalized spacial score (nSPS) is 17.1. The van der Waals surface area contributed by atoms with Crippen LogP contribution in [0.2, 0.25) is 0 Å². The number of rotatable bonds is 4. The van der Waals surface area contributed by atoms with Crippen LogP contribution in [0.25, 0.3) is 0 Å². The summed E-state index contributed by atoms with van der Waals surface area (Å²) in [4.78, 5) is 16.4. The van der Waals surface area contributed by atoms with E-state index in [1.165, 1.54) is 11.8 Å². The molecule has 0 radical (unpaired) electrons. The Kier molecular flexibility index (Phi) is 4.29. The minimum atomic E-state index is -4.65. The minimum absolute atomic E-state index is 0.0790. The number of amides is 1. The third kappa shape index (κ3) is 3.66. The van der Waals surface area contributed by atoms with E-state index in [0.29, 0.717) is 6.42 Å². The molecule has 2 aromatic rings. The maximum Gasteiger partial charge on any atom is 0.471 e. The highest BCUT2D eigenvalue weighted by Gasteiger charge is 2.38. The number of alkyl halides is 3. The summed E-state index contributed by atoms with van der Waals surface area (Å²) in [6, 6.07) is 7.79. The van der Waals surface area contributed by atoms with E-state index in [2.05, 4.69) is 20.0 Å². The van der Waals surface area contributed by atoms with Gasteiger partial charge in [0, 0.05) is 17.9 Å². The SMILES string of the molecule is O=C(NCCc1noc(C(F)(F)F)n1)C1Cc2ccccc2S1. The van der Waals surface area contributed by atoms with Gasteiger partial charge in [0.2, 0.25) is 5.91 Å². The van der Waals surface area contributed by atoms with Crippen LogP contribution in [0.3, 0.4) is 0 Å². The van der Waals surface area contributed by atoms with Gasteiger partial charge in [0.15, 0.2) is 5.82 Å². The van der Waals surface area contributed by atoms with Gasteiger partial charge in [-0.15, -0.1) is 11.8 Å². The summed E-state index contributed by atoms with van der Waals surface area (Å²) in [5, 5.41) is 5.72. The molecule has 1 aromatic carbocycles. The van der Waals surface area contributed by atoms with E-state index in [9.17, 15) is 18.0 Å². The monoisotopic (exact) mass is 343 g/mol. The molecule has 1 N–H and O–H groups in total. The van der Waals surface area contributed by atoms with Gasteiger partial charge in [-0.05, 0) is 18.1 Å². The molecule has 0 fully saturated rings. The van der Waals surface area contributed by atoms with Gasteiger partial charge in [0.1, 0.15) is 0 Å². The first-order valence-corrected chi connectivity index (χ1v) is 7.73. The number of thioether (sulfide) groups is 1. The fourth-order valence-corrected chi connectivity index (χ4v) is 3.43. The number of carbonyl (C=O) groups excluding carboxylic acids is 1. The summed E-state index contributed by atoms with van der Waals surface area (Å²) >= 11 is 1.49. The highest BCUT2D eigenvalue weighted by molar-refractivity contribution is 8.01. The fraction of sp³-hybridized carbons (Fsp3) is 0.357. The molecule has 0 bridgehead atoms. The second-order valence-corrected chi connectivity index (χ2v) is 6.22. The predicted octanol–water partition coefficient (Wildman–Crippen LogP) is 2.46. The Bertz CT molecular complexity index is 692. The van der Waals surface area contributed by atoms with Crippen molar-refractivity contribution in [3.05, 3.63) is 41.5 Å². The van der Waals surface area contributed by atoms with Crippen LogP contribution >= 0.6 is 11.8 Å². The van der Waals surface area contributed by atoms with Crippen molar-refractivity contribution in [1.29, 1.82) is 0 Å². The number of nitrogens with one attached hydrogen (secondary N) is 1. The smallest absolute Gasteiger partial charge is 0.355 e. The first-order chi connectivity index (χ1) is 10.9.